The van der Waals surface area contributed by atoms with Crippen molar-refractivity contribution in [1.82, 2.24) is 24.6 Å². The van der Waals surface area contributed by atoms with Crippen molar-refractivity contribution in [3.63, 3.8) is 0 Å². The van der Waals surface area contributed by atoms with Crippen LogP contribution in [0, 0.1) is 6.92 Å². The maximum atomic E-state index is 13.3. The maximum absolute atomic E-state index is 13.3. The standard InChI is InChI=1S/C22H21Cl2N5O3/c1-12-7-19-16(10-28(12)21(30)14-3-4-17(23)18(24)8-14)20-22(31)27(5-6-29(20)26-19)9-15-11-32-13(2)25-15/h3-4,8,11-12H,5-7,9-10H2,1-2H3/t12-/m1/s1. The van der Waals surface area contributed by atoms with E-state index in [1.807, 2.05) is 6.92 Å². The van der Waals surface area contributed by atoms with Crippen LogP contribution in [-0.4, -0.2) is 49.0 Å². The quantitative estimate of drug-likeness (QED) is 0.578. The van der Waals surface area contributed by atoms with Gasteiger partial charge in [0, 0.05) is 37.1 Å². The van der Waals surface area contributed by atoms with Gasteiger partial charge in [-0.3, -0.25) is 14.3 Å². The molecule has 0 aliphatic carbocycles. The normalized spacial score (nSPS) is 18.0. The first-order valence-electron chi connectivity index (χ1n) is 10.4. The predicted octanol–water partition coefficient (Wildman–Crippen LogP) is 3.73. The second kappa shape index (κ2) is 7.94. The molecule has 2 aliphatic heterocycles. The van der Waals surface area contributed by atoms with Gasteiger partial charge < -0.3 is 14.2 Å². The molecule has 32 heavy (non-hydrogen) atoms. The molecule has 5 rings (SSSR count). The molecule has 0 fully saturated rings. The molecule has 0 unspecified atom stereocenters. The van der Waals surface area contributed by atoms with Gasteiger partial charge in [0.2, 0.25) is 0 Å². The van der Waals surface area contributed by atoms with E-state index in [0.29, 0.717) is 65.5 Å². The van der Waals surface area contributed by atoms with Crippen molar-refractivity contribution in [3.05, 3.63) is 68.6 Å². The maximum Gasteiger partial charge on any atom is 0.272 e. The Morgan fingerprint density at radius 1 is 1.25 bits per heavy atom. The predicted molar refractivity (Wildman–Crippen MR) is 118 cm³/mol. The fraction of sp³-hybridized carbons (Fsp3) is 0.364. The summed E-state index contributed by atoms with van der Waals surface area (Å²) in [5, 5.41) is 5.42. The smallest absolute Gasteiger partial charge is 0.272 e. The lowest BCUT2D eigenvalue weighted by Gasteiger charge is -2.34. The lowest BCUT2D eigenvalue weighted by atomic mass is 9.97. The molecule has 4 heterocycles. The number of hydrogen-bond acceptors (Lipinski definition) is 5. The van der Waals surface area contributed by atoms with Gasteiger partial charge in [0.15, 0.2) is 5.89 Å². The second-order valence-corrected chi connectivity index (χ2v) is 9.01. The molecule has 0 N–H and O–H groups in total. The molecule has 3 aromatic rings. The second-order valence-electron chi connectivity index (χ2n) is 8.20. The van der Waals surface area contributed by atoms with Crippen LogP contribution in [0.1, 0.15) is 50.6 Å². The van der Waals surface area contributed by atoms with Crippen LogP contribution in [0.2, 0.25) is 10.0 Å². The minimum atomic E-state index is -0.153. The van der Waals surface area contributed by atoms with E-state index in [1.54, 1.807) is 45.9 Å². The van der Waals surface area contributed by atoms with Crippen LogP contribution in [0.25, 0.3) is 0 Å². The summed E-state index contributed by atoms with van der Waals surface area (Å²) in [4.78, 5) is 34.4. The Balaban J connectivity index is 1.43. The Kier molecular flexibility index (Phi) is 5.22. The van der Waals surface area contributed by atoms with Crippen molar-refractivity contribution in [2.75, 3.05) is 6.54 Å². The van der Waals surface area contributed by atoms with Crippen molar-refractivity contribution in [2.45, 2.75) is 45.9 Å². The molecule has 0 saturated carbocycles. The van der Waals surface area contributed by atoms with Gasteiger partial charge in [-0.15, -0.1) is 0 Å². The minimum absolute atomic E-state index is 0.0642. The average molecular weight is 474 g/mol. The van der Waals surface area contributed by atoms with E-state index in [-0.39, 0.29) is 17.9 Å². The first-order valence-corrected chi connectivity index (χ1v) is 11.1. The Morgan fingerprint density at radius 3 is 2.78 bits per heavy atom. The summed E-state index contributed by atoms with van der Waals surface area (Å²) in [5.74, 6) is 0.305. The number of aryl methyl sites for hydroxylation is 1. The van der Waals surface area contributed by atoms with Crippen molar-refractivity contribution in [3.8, 4) is 0 Å². The van der Waals surface area contributed by atoms with Gasteiger partial charge in [-0.2, -0.15) is 5.10 Å². The summed E-state index contributed by atoms with van der Waals surface area (Å²) in [7, 11) is 0. The Morgan fingerprint density at radius 2 is 2.06 bits per heavy atom. The number of benzene rings is 1. The number of halogens is 2. The summed E-state index contributed by atoms with van der Waals surface area (Å²) in [6, 6.07) is 4.80. The Bertz CT molecular complexity index is 1230. The van der Waals surface area contributed by atoms with Crippen LogP contribution in [0.15, 0.2) is 28.9 Å². The minimum Gasteiger partial charge on any atom is -0.449 e. The van der Waals surface area contributed by atoms with E-state index in [0.717, 1.165) is 11.3 Å². The van der Waals surface area contributed by atoms with Gasteiger partial charge in [0.05, 0.1) is 41.1 Å². The fourth-order valence-electron chi connectivity index (χ4n) is 4.36. The van der Waals surface area contributed by atoms with Crippen molar-refractivity contribution in [1.29, 1.82) is 0 Å². The van der Waals surface area contributed by atoms with Gasteiger partial charge >= 0.3 is 0 Å². The Labute approximate surface area is 194 Å². The number of amides is 2. The highest BCUT2D eigenvalue weighted by atomic mass is 35.5. The van der Waals surface area contributed by atoms with Crippen LogP contribution in [0.5, 0.6) is 0 Å². The summed E-state index contributed by atoms with van der Waals surface area (Å²) >= 11 is 12.1. The first-order chi connectivity index (χ1) is 15.3. The molecule has 166 valence electrons. The van der Waals surface area contributed by atoms with E-state index in [1.165, 1.54) is 0 Å². The lowest BCUT2D eigenvalue weighted by molar-refractivity contribution is 0.0636. The van der Waals surface area contributed by atoms with Crippen LogP contribution in [0.3, 0.4) is 0 Å². The molecule has 2 aliphatic rings. The zero-order valence-corrected chi connectivity index (χ0v) is 19.2. The van der Waals surface area contributed by atoms with Crippen LogP contribution in [-0.2, 0) is 26.1 Å². The van der Waals surface area contributed by atoms with E-state index < -0.39 is 0 Å². The van der Waals surface area contributed by atoms with Gasteiger partial charge in [-0.1, -0.05) is 23.2 Å². The summed E-state index contributed by atoms with van der Waals surface area (Å²) in [5.41, 5.74) is 3.40. The number of nitrogens with zero attached hydrogens (tertiary/aromatic N) is 5. The third-order valence-electron chi connectivity index (χ3n) is 6.00. The van der Waals surface area contributed by atoms with E-state index in [2.05, 4.69) is 10.1 Å². The number of carbonyl (C=O) groups excluding carboxylic acids is 2. The lowest BCUT2D eigenvalue weighted by Crippen LogP contribution is -2.44. The molecule has 10 heteroatoms. The molecule has 1 atom stereocenters. The van der Waals surface area contributed by atoms with E-state index >= 15 is 0 Å². The zero-order valence-electron chi connectivity index (χ0n) is 17.6. The molecule has 0 spiro atoms. The SMILES string of the molecule is Cc1nc(CN2CCn3nc4c(c3C2=O)CN(C(=O)c2ccc(Cl)c(Cl)c2)[C@H](C)C4)co1. The van der Waals surface area contributed by atoms with E-state index in [4.69, 9.17) is 27.6 Å². The molecule has 0 saturated heterocycles. The number of aromatic nitrogens is 3. The molecule has 2 aromatic heterocycles. The number of carbonyl (C=O) groups is 2. The van der Waals surface area contributed by atoms with Crippen molar-refractivity contribution in [2.24, 2.45) is 0 Å². The van der Waals surface area contributed by atoms with Crippen molar-refractivity contribution >= 4 is 35.0 Å². The highest BCUT2D eigenvalue weighted by Crippen LogP contribution is 2.31. The number of fused-ring (bicyclic) bond motifs is 3. The fourth-order valence-corrected chi connectivity index (χ4v) is 4.66. The van der Waals surface area contributed by atoms with Gasteiger partial charge in [-0.25, -0.2) is 4.98 Å². The zero-order chi connectivity index (χ0) is 22.6. The highest BCUT2D eigenvalue weighted by Gasteiger charge is 2.37. The molecule has 1 aromatic carbocycles. The third-order valence-corrected chi connectivity index (χ3v) is 6.74. The van der Waals surface area contributed by atoms with Gasteiger partial charge in [0.1, 0.15) is 12.0 Å². The first kappa shape index (κ1) is 21.0. The largest absolute Gasteiger partial charge is 0.449 e. The molecule has 8 nitrogen and oxygen atoms in total. The summed E-state index contributed by atoms with van der Waals surface area (Å²) < 4.78 is 7.04. The Hall–Kier alpha value is -2.84. The van der Waals surface area contributed by atoms with Gasteiger partial charge in [-0.05, 0) is 25.1 Å². The van der Waals surface area contributed by atoms with E-state index in [9.17, 15) is 9.59 Å². The topological polar surface area (TPSA) is 84.5 Å². The van der Waals surface area contributed by atoms with Crippen molar-refractivity contribution < 1.29 is 14.0 Å². The van der Waals surface area contributed by atoms with Gasteiger partial charge in [0.25, 0.3) is 11.8 Å². The number of hydrogen-bond donors (Lipinski definition) is 0. The highest BCUT2D eigenvalue weighted by molar-refractivity contribution is 6.42. The summed E-state index contributed by atoms with van der Waals surface area (Å²) in [6.45, 7) is 5.58. The monoisotopic (exact) mass is 473 g/mol. The molecule has 0 radical (unpaired) electrons. The van der Waals surface area contributed by atoms with Crippen LogP contribution in [0.4, 0.5) is 0 Å². The molecular weight excluding hydrogens is 453 g/mol. The number of rotatable bonds is 3. The summed E-state index contributed by atoms with van der Waals surface area (Å²) in [6.07, 6.45) is 2.15. The molecule has 0 bridgehead atoms. The third kappa shape index (κ3) is 3.57. The van der Waals surface area contributed by atoms with Crippen LogP contribution >= 0.6 is 23.2 Å². The molecular formula is C22H21Cl2N5O3. The van der Waals surface area contributed by atoms with Crippen LogP contribution < -0.4 is 0 Å². The molecule has 2 amide bonds. The number of oxazole rings is 1. The average Bonchev–Trinajstić information content (AvgIpc) is 3.33.